The molecule has 3 aliphatic rings. The summed E-state index contributed by atoms with van der Waals surface area (Å²) in [7, 11) is 0. The van der Waals surface area contributed by atoms with Crippen LogP contribution in [0, 0.1) is 17.8 Å². The molecule has 4 atom stereocenters. The Labute approximate surface area is 153 Å². The standard InChI is InChI=1S/C19H27NO6/c1-5-24-15(21)9-13-12-6-7-20(18(23)26-19(2,3)4)16(13)11-8-14(12)17(22)25-10-11/h9,11-12,14,16H,5-8,10H2,1-4H3/b13-9+/t11-,12-,14+,16-/m0/s1. The minimum absolute atomic E-state index is 0.0255. The van der Waals surface area contributed by atoms with Crippen LogP contribution in [-0.2, 0) is 23.8 Å². The number of cyclic esters (lactones) is 1. The van der Waals surface area contributed by atoms with E-state index in [-0.39, 0.29) is 43.0 Å². The number of nitrogens with zero attached hydrogens (tertiary/aromatic N) is 1. The van der Waals surface area contributed by atoms with Crippen LogP contribution in [0.5, 0.6) is 0 Å². The van der Waals surface area contributed by atoms with Gasteiger partial charge in [-0.3, -0.25) is 4.79 Å². The number of hydrogen-bond donors (Lipinski definition) is 0. The maximum absolute atomic E-state index is 12.7. The number of carbonyl (C=O) groups excluding carboxylic acids is 3. The maximum Gasteiger partial charge on any atom is 0.410 e. The molecule has 0 aromatic heterocycles. The summed E-state index contributed by atoms with van der Waals surface area (Å²) in [6, 6.07) is -0.294. The fourth-order valence-electron chi connectivity index (χ4n) is 4.32. The molecular formula is C19H27NO6. The summed E-state index contributed by atoms with van der Waals surface area (Å²) in [5.41, 5.74) is 0.202. The molecule has 2 aliphatic heterocycles. The van der Waals surface area contributed by atoms with Gasteiger partial charge in [0.1, 0.15) is 5.60 Å². The van der Waals surface area contributed by atoms with Crippen molar-refractivity contribution >= 4 is 18.0 Å². The molecular weight excluding hydrogens is 338 g/mol. The van der Waals surface area contributed by atoms with E-state index >= 15 is 0 Å². The predicted octanol–water partition coefficient (Wildman–Crippen LogP) is 2.29. The fraction of sp³-hybridized carbons (Fsp3) is 0.737. The first-order chi connectivity index (χ1) is 12.2. The average molecular weight is 365 g/mol. The molecule has 1 saturated carbocycles. The van der Waals surface area contributed by atoms with Crippen LogP contribution in [0.2, 0.25) is 0 Å². The van der Waals surface area contributed by atoms with Crippen molar-refractivity contribution in [1.82, 2.24) is 4.90 Å². The summed E-state index contributed by atoms with van der Waals surface area (Å²) in [6.07, 6.45) is 2.36. The largest absolute Gasteiger partial charge is 0.465 e. The molecule has 4 bridgehead atoms. The van der Waals surface area contributed by atoms with Crippen molar-refractivity contribution in [2.45, 2.75) is 52.2 Å². The van der Waals surface area contributed by atoms with Gasteiger partial charge in [0.2, 0.25) is 0 Å². The van der Waals surface area contributed by atoms with Gasteiger partial charge in [-0.1, -0.05) is 0 Å². The Morgan fingerprint density at radius 2 is 2.04 bits per heavy atom. The number of amides is 1. The maximum atomic E-state index is 12.7. The number of fused-ring (bicyclic) bond motifs is 6. The number of esters is 2. The van der Waals surface area contributed by atoms with E-state index in [0.29, 0.717) is 19.4 Å². The van der Waals surface area contributed by atoms with Crippen LogP contribution >= 0.6 is 0 Å². The fourth-order valence-corrected chi connectivity index (χ4v) is 4.32. The van der Waals surface area contributed by atoms with Gasteiger partial charge in [-0.15, -0.1) is 0 Å². The van der Waals surface area contributed by atoms with E-state index in [0.717, 1.165) is 5.57 Å². The zero-order chi connectivity index (χ0) is 19.1. The number of rotatable bonds is 2. The Kier molecular flexibility index (Phi) is 4.99. The van der Waals surface area contributed by atoms with Gasteiger partial charge >= 0.3 is 18.0 Å². The van der Waals surface area contributed by atoms with Crippen molar-refractivity contribution in [3.8, 4) is 0 Å². The summed E-state index contributed by atoms with van der Waals surface area (Å²) >= 11 is 0. The van der Waals surface area contributed by atoms with Crippen LogP contribution in [-0.4, -0.2) is 54.3 Å². The third-order valence-corrected chi connectivity index (χ3v) is 5.22. The van der Waals surface area contributed by atoms with E-state index in [2.05, 4.69) is 0 Å². The monoisotopic (exact) mass is 365 g/mol. The van der Waals surface area contributed by atoms with Crippen molar-refractivity contribution in [1.29, 1.82) is 0 Å². The van der Waals surface area contributed by atoms with Gasteiger partial charge in [-0.25, -0.2) is 9.59 Å². The summed E-state index contributed by atoms with van der Waals surface area (Å²) in [5.74, 6) is -0.997. The number of carbonyl (C=O) groups is 3. The molecule has 26 heavy (non-hydrogen) atoms. The first-order valence-corrected chi connectivity index (χ1v) is 9.25. The van der Waals surface area contributed by atoms with E-state index in [1.165, 1.54) is 6.08 Å². The highest BCUT2D eigenvalue weighted by Gasteiger charge is 2.53. The highest BCUT2D eigenvalue weighted by Crippen LogP contribution is 2.48. The molecule has 0 spiro atoms. The molecule has 2 saturated heterocycles. The molecule has 1 aliphatic carbocycles. The van der Waals surface area contributed by atoms with Crippen molar-refractivity contribution < 1.29 is 28.6 Å². The lowest BCUT2D eigenvalue weighted by atomic mass is 9.63. The van der Waals surface area contributed by atoms with Gasteiger partial charge in [-0.2, -0.15) is 0 Å². The number of ether oxygens (including phenoxy) is 3. The Hall–Kier alpha value is -2.05. The van der Waals surface area contributed by atoms with E-state index in [1.807, 2.05) is 20.8 Å². The molecule has 0 aromatic carbocycles. The van der Waals surface area contributed by atoms with Gasteiger partial charge in [0.15, 0.2) is 0 Å². The summed E-state index contributed by atoms with van der Waals surface area (Å²) in [4.78, 5) is 38.7. The summed E-state index contributed by atoms with van der Waals surface area (Å²) in [5, 5.41) is 0. The lowest BCUT2D eigenvalue weighted by Gasteiger charge is -2.52. The molecule has 0 unspecified atom stereocenters. The first-order valence-electron chi connectivity index (χ1n) is 9.25. The highest BCUT2D eigenvalue weighted by molar-refractivity contribution is 5.84. The minimum atomic E-state index is -0.602. The molecule has 3 rings (SSSR count). The Bertz CT molecular complexity index is 634. The normalized spacial score (nSPS) is 32.1. The van der Waals surface area contributed by atoms with Gasteiger partial charge < -0.3 is 19.1 Å². The van der Waals surface area contributed by atoms with Crippen molar-refractivity contribution in [3.63, 3.8) is 0 Å². The molecule has 0 N–H and O–H groups in total. The Morgan fingerprint density at radius 3 is 2.69 bits per heavy atom. The molecule has 7 nitrogen and oxygen atoms in total. The third-order valence-electron chi connectivity index (χ3n) is 5.22. The minimum Gasteiger partial charge on any atom is -0.465 e. The average Bonchev–Trinajstić information content (AvgIpc) is 2.52. The van der Waals surface area contributed by atoms with Crippen LogP contribution in [0.4, 0.5) is 4.79 Å². The SMILES string of the molecule is CCOC(=O)/C=C1/[C@@H]2[C@@H]3COC(=O)[C@H](C3)[C@H]1CCN2C(=O)OC(C)(C)C. The van der Waals surface area contributed by atoms with Crippen molar-refractivity contribution in [2.24, 2.45) is 17.8 Å². The number of piperidine rings is 1. The number of hydrogen-bond acceptors (Lipinski definition) is 6. The highest BCUT2D eigenvalue weighted by atomic mass is 16.6. The van der Waals surface area contributed by atoms with Gasteiger partial charge in [0.25, 0.3) is 0 Å². The third kappa shape index (κ3) is 3.57. The molecule has 3 fully saturated rings. The molecule has 144 valence electrons. The lowest BCUT2D eigenvalue weighted by molar-refractivity contribution is -0.165. The van der Waals surface area contributed by atoms with Crippen LogP contribution in [0.1, 0.15) is 40.5 Å². The Balaban J connectivity index is 1.94. The summed E-state index contributed by atoms with van der Waals surface area (Å²) in [6.45, 7) is 8.27. The molecule has 1 amide bonds. The second-order valence-electron chi connectivity index (χ2n) is 8.14. The second-order valence-corrected chi connectivity index (χ2v) is 8.14. The van der Waals surface area contributed by atoms with Crippen LogP contribution in [0.3, 0.4) is 0 Å². The number of likely N-dealkylation sites (tertiary alicyclic amines) is 1. The van der Waals surface area contributed by atoms with Crippen molar-refractivity contribution in [2.75, 3.05) is 19.8 Å². The second kappa shape index (κ2) is 6.93. The smallest absolute Gasteiger partial charge is 0.410 e. The molecule has 7 heteroatoms. The predicted molar refractivity (Wildman–Crippen MR) is 92.1 cm³/mol. The van der Waals surface area contributed by atoms with E-state index in [9.17, 15) is 14.4 Å². The zero-order valence-corrected chi connectivity index (χ0v) is 15.8. The summed E-state index contributed by atoms with van der Waals surface area (Å²) < 4.78 is 16.0. The first kappa shape index (κ1) is 18.7. The van der Waals surface area contributed by atoms with E-state index in [1.54, 1.807) is 11.8 Å². The topological polar surface area (TPSA) is 82.1 Å². The van der Waals surface area contributed by atoms with Crippen LogP contribution < -0.4 is 0 Å². The van der Waals surface area contributed by atoms with Gasteiger partial charge in [0, 0.05) is 18.5 Å². The van der Waals surface area contributed by atoms with Gasteiger partial charge in [-0.05, 0) is 52.0 Å². The van der Waals surface area contributed by atoms with Crippen LogP contribution in [0.15, 0.2) is 11.6 Å². The van der Waals surface area contributed by atoms with E-state index < -0.39 is 17.7 Å². The Morgan fingerprint density at radius 1 is 1.31 bits per heavy atom. The quantitative estimate of drug-likeness (QED) is 0.424. The zero-order valence-electron chi connectivity index (χ0n) is 15.8. The molecule has 2 heterocycles. The molecule has 0 aromatic rings. The van der Waals surface area contributed by atoms with Crippen molar-refractivity contribution in [3.05, 3.63) is 11.6 Å². The van der Waals surface area contributed by atoms with Gasteiger partial charge in [0.05, 0.1) is 25.2 Å². The van der Waals surface area contributed by atoms with E-state index in [4.69, 9.17) is 14.2 Å². The van der Waals surface area contributed by atoms with Crippen LogP contribution in [0.25, 0.3) is 0 Å². The molecule has 0 radical (unpaired) electrons. The lowest BCUT2D eigenvalue weighted by Crippen LogP contribution is -2.60.